The molecule has 0 N–H and O–H groups in total. The van der Waals surface area contributed by atoms with Gasteiger partial charge in [-0.3, -0.25) is 0 Å². The Bertz CT molecular complexity index is 950. The van der Waals surface area contributed by atoms with Gasteiger partial charge in [-0.25, -0.2) is 13.4 Å². The molecule has 0 bridgehead atoms. The number of ether oxygens (including phenoxy) is 1. The van der Waals surface area contributed by atoms with Gasteiger partial charge >= 0.3 is 0 Å². The number of halogens is 1. The van der Waals surface area contributed by atoms with E-state index in [9.17, 15) is 12.8 Å². The highest BCUT2D eigenvalue weighted by atomic mass is 32.2. The summed E-state index contributed by atoms with van der Waals surface area (Å²) in [5.41, 5.74) is 1.46. The Balaban J connectivity index is 1.77. The zero-order valence-corrected chi connectivity index (χ0v) is 14.4. The van der Waals surface area contributed by atoms with Gasteiger partial charge in [-0.1, -0.05) is 18.2 Å². The van der Waals surface area contributed by atoms with Crippen LogP contribution in [0.1, 0.15) is 4.88 Å². The van der Waals surface area contributed by atoms with Gasteiger partial charge in [0.05, 0.1) is 10.6 Å². The van der Waals surface area contributed by atoms with Crippen LogP contribution in [0.2, 0.25) is 0 Å². The first-order valence-electron chi connectivity index (χ1n) is 7.06. The molecule has 0 aliphatic heterocycles. The Morgan fingerprint density at radius 3 is 2.46 bits per heavy atom. The van der Waals surface area contributed by atoms with Crippen LogP contribution >= 0.6 is 11.3 Å². The third-order valence-electron chi connectivity index (χ3n) is 3.29. The molecule has 0 saturated heterocycles. The third kappa shape index (κ3) is 3.98. The van der Waals surface area contributed by atoms with Gasteiger partial charge in [-0.15, -0.1) is 11.3 Å². The number of aromatic nitrogens is 1. The van der Waals surface area contributed by atoms with E-state index in [0.29, 0.717) is 11.6 Å². The highest BCUT2D eigenvalue weighted by Gasteiger charge is 2.08. The molecule has 7 heteroatoms. The Labute approximate surface area is 143 Å². The van der Waals surface area contributed by atoms with Gasteiger partial charge in [0.15, 0.2) is 15.0 Å². The third-order valence-corrected chi connectivity index (χ3v) is 5.27. The van der Waals surface area contributed by atoms with Crippen LogP contribution in [0.15, 0.2) is 59.5 Å². The molecule has 0 saturated carbocycles. The zero-order valence-electron chi connectivity index (χ0n) is 12.8. The van der Waals surface area contributed by atoms with Crippen molar-refractivity contribution in [1.29, 1.82) is 0 Å². The summed E-state index contributed by atoms with van der Waals surface area (Å²) in [5.74, 6) is 0.425. The van der Waals surface area contributed by atoms with E-state index >= 15 is 0 Å². The lowest BCUT2D eigenvalue weighted by Gasteiger charge is -2.07. The molecule has 3 aromatic rings. The molecular formula is C17H14FNO3S2. The maximum atomic E-state index is 13.0. The molecule has 4 nitrogen and oxygen atoms in total. The molecule has 3 rings (SSSR count). The second-order valence-corrected chi connectivity index (χ2v) is 8.29. The van der Waals surface area contributed by atoms with Gasteiger partial charge in [0.2, 0.25) is 5.88 Å². The van der Waals surface area contributed by atoms with Crippen LogP contribution in [0.4, 0.5) is 4.39 Å². The summed E-state index contributed by atoms with van der Waals surface area (Å²) in [6, 6.07) is 14.9. The van der Waals surface area contributed by atoms with Crippen LogP contribution in [0, 0.1) is 5.13 Å². The van der Waals surface area contributed by atoms with Gasteiger partial charge in [-0.05, 0) is 30.3 Å². The molecule has 0 amide bonds. The van der Waals surface area contributed by atoms with Crippen LogP contribution in [0.25, 0.3) is 11.3 Å². The SMILES string of the molecule is CS(=O)(=O)c1ccc(-c2cccc(OCc3ccc(F)s3)n2)cc1. The summed E-state index contributed by atoms with van der Waals surface area (Å²) < 4.78 is 41.5. The molecule has 24 heavy (non-hydrogen) atoms. The molecule has 0 unspecified atom stereocenters. The van der Waals surface area contributed by atoms with Crippen LogP contribution in [0.5, 0.6) is 5.88 Å². The molecule has 1 aromatic carbocycles. The molecule has 0 atom stereocenters. The van der Waals surface area contributed by atoms with Gasteiger partial charge < -0.3 is 4.74 Å². The largest absolute Gasteiger partial charge is 0.472 e. The Morgan fingerprint density at radius 2 is 1.83 bits per heavy atom. The fraction of sp³-hybridized carbons (Fsp3) is 0.118. The minimum atomic E-state index is -3.22. The van der Waals surface area contributed by atoms with Crippen molar-refractivity contribution in [3.63, 3.8) is 0 Å². The molecule has 0 spiro atoms. The molecule has 2 aromatic heterocycles. The minimum Gasteiger partial charge on any atom is -0.472 e. The lowest BCUT2D eigenvalue weighted by molar-refractivity contribution is 0.297. The lowest BCUT2D eigenvalue weighted by Crippen LogP contribution is -1.97. The highest BCUT2D eigenvalue weighted by Crippen LogP contribution is 2.23. The summed E-state index contributed by atoms with van der Waals surface area (Å²) in [5, 5.41) is -0.249. The number of rotatable bonds is 5. The van der Waals surface area contributed by atoms with Crippen molar-refractivity contribution in [3.05, 3.63) is 64.6 Å². The van der Waals surface area contributed by atoms with Crippen molar-refractivity contribution in [1.82, 2.24) is 4.98 Å². The fourth-order valence-corrected chi connectivity index (χ4v) is 3.37. The van der Waals surface area contributed by atoms with Crippen molar-refractivity contribution >= 4 is 21.2 Å². The second-order valence-electron chi connectivity index (χ2n) is 5.15. The maximum Gasteiger partial charge on any atom is 0.214 e. The van der Waals surface area contributed by atoms with E-state index in [2.05, 4.69) is 4.98 Å². The van der Waals surface area contributed by atoms with Crippen LogP contribution in [-0.4, -0.2) is 19.7 Å². The summed E-state index contributed by atoms with van der Waals surface area (Å²) in [4.78, 5) is 5.43. The van der Waals surface area contributed by atoms with Crippen molar-refractivity contribution in [3.8, 4) is 17.1 Å². The van der Waals surface area contributed by atoms with Gasteiger partial charge in [0.25, 0.3) is 0 Å². The molecule has 124 valence electrons. The first-order chi connectivity index (χ1) is 11.4. The molecule has 0 fully saturated rings. The molecule has 0 aliphatic rings. The van der Waals surface area contributed by atoms with E-state index in [0.717, 1.165) is 21.8 Å². The predicted octanol–water partition coefficient (Wildman–Crippen LogP) is 3.93. The monoisotopic (exact) mass is 363 g/mol. The zero-order chi connectivity index (χ0) is 17.2. The van der Waals surface area contributed by atoms with Crippen LogP contribution in [-0.2, 0) is 16.4 Å². The second kappa shape index (κ2) is 6.70. The summed E-state index contributed by atoms with van der Waals surface area (Å²) in [6.07, 6.45) is 1.17. The standard InChI is InChI=1S/C17H14FNO3S2/c1-24(20,21)14-8-5-12(6-9-14)15-3-2-4-17(19-15)22-11-13-7-10-16(18)23-13/h2-10H,11H2,1H3. The number of pyridine rings is 1. The van der Waals surface area contributed by atoms with Crippen molar-refractivity contribution in [2.24, 2.45) is 0 Å². The molecule has 0 radical (unpaired) electrons. The van der Waals surface area contributed by atoms with E-state index < -0.39 is 9.84 Å². The van der Waals surface area contributed by atoms with E-state index in [1.165, 1.54) is 12.3 Å². The number of nitrogens with zero attached hydrogens (tertiary/aromatic N) is 1. The van der Waals surface area contributed by atoms with E-state index in [1.54, 1.807) is 42.5 Å². The first-order valence-corrected chi connectivity index (χ1v) is 9.77. The summed E-state index contributed by atoms with van der Waals surface area (Å²) >= 11 is 1.04. The van der Waals surface area contributed by atoms with Gasteiger partial charge in [-0.2, -0.15) is 4.39 Å². The predicted molar refractivity (Wildman–Crippen MR) is 91.4 cm³/mol. The number of hydrogen-bond donors (Lipinski definition) is 0. The lowest BCUT2D eigenvalue weighted by atomic mass is 10.1. The van der Waals surface area contributed by atoms with E-state index in [-0.39, 0.29) is 16.6 Å². The average molecular weight is 363 g/mol. The minimum absolute atomic E-state index is 0.248. The average Bonchev–Trinajstić information content (AvgIpc) is 2.98. The van der Waals surface area contributed by atoms with Gasteiger partial charge in [0.1, 0.15) is 6.61 Å². The first kappa shape index (κ1) is 16.6. The normalized spacial score (nSPS) is 11.4. The number of benzene rings is 1. The Kier molecular flexibility index (Phi) is 4.64. The molecule has 0 aliphatic carbocycles. The van der Waals surface area contributed by atoms with Crippen molar-refractivity contribution < 1.29 is 17.5 Å². The number of sulfone groups is 1. The molecular weight excluding hydrogens is 349 g/mol. The topological polar surface area (TPSA) is 56.3 Å². The Hall–Kier alpha value is -2.25. The van der Waals surface area contributed by atoms with Crippen molar-refractivity contribution in [2.75, 3.05) is 6.26 Å². The maximum absolute atomic E-state index is 13.0. The number of thiophene rings is 1. The van der Waals surface area contributed by atoms with Crippen molar-refractivity contribution in [2.45, 2.75) is 11.5 Å². The van der Waals surface area contributed by atoms with Crippen LogP contribution in [0.3, 0.4) is 0 Å². The quantitative estimate of drug-likeness (QED) is 0.689. The fourth-order valence-electron chi connectivity index (χ4n) is 2.10. The van der Waals surface area contributed by atoms with Gasteiger partial charge in [0, 0.05) is 22.8 Å². The summed E-state index contributed by atoms with van der Waals surface area (Å²) in [6.45, 7) is 0.248. The highest BCUT2D eigenvalue weighted by molar-refractivity contribution is 7.90. The number of hydrogen-bond acceptors (Lipinski definition) is 5. The smallest absolute Gasteiger partial charge is 0.214 e. The Morgan fingerprint density at radius 1 is 1.08 bits per heavy atom. The summed E-state index contributed by atoms with van der Waals surface area (Å²) in [7, 11) is -3.22. The van der Waals surface area contributed by atoms with E-state index in [4.69, 9.17) is 4.74 Å². The van der Waals surface area contributed by atoms with Crippen LogP contribution < -0.4 is 4.74 Å². The molecule has 2 heterocycles. The van der Waals surface area contributed by atoms with E-state index in [1.807, 2.05) is 6.07 Å².